The molecule has 2 atom stereocenters. The molecule has 2 heterocycles. The van der Waals surface area contributed by atoms with Crippen molar-refractivity contribution >= 4 is 59.8 Å². The summed E-state index contributed by atoms with van der Waals surface area (Å²) in [7, 11) is 0. The molecule has 2 unspecified atom stereocenters. The molecule has 0 aromatic carbocycles. The number of urea groups is 4. The summed E-state index contributed by atoms with van der Waals surface area (Å²) in [5.74, 6) is -6.61. The van der Waals surface area contributed by atoms with E-state index >= 15 is 0 Å². The highest BCUT2D eigenvalue weighted by Gasteiger charge is 2.40. The van der Waals surface area contributed by atoms with Crippen LogP contribution in [0.5, 0.6) is 0 Å². The van der Waals surface area contributed by atoms with Gasteiger partial charge in [-0.15, -0.1) is 0 Å². The third kappa shape index (κ3) is 13.8. The monoisotopic (exact) mass is 680 g/mol. The highest BCUT2D eigenvalue weighted by atomic mass is 16.4. The van der Waals surface area contributed by atoms with E-state index in [0.717, 1.165) is 9.80 Å². The summed E-state index contributed by atoms with van der Waals surface area (Å²) in [4.78, 5) is 115. The van der Waals surface area contributed by atoms with Crippen LogP contribution in [-0.4, -0.2) is 182 Å². The molecule has 26 nitrogen and oxygen atoms in total. The number of rotatable bonds is 17. The van der Waals surface area contributed by atoms with Crippen LogP contribution in [0.4, 0.5) is 19.2 Å². The van der Waals surface area contributed by atoms with Gasteiger partial charge >= 0.3 is 48.0 Å². The van der Waals surface area contributed by atoms with E-state index in [0.29, 0.717) is 9.80 Å². The number of carboxylic acid groups (broad SMARTS) is 4. The van der Waals surface area contributed by atoms with Gasteiger partial charge in [0.1, 0.15) is 13.5 Å². The number of imide groups is 2. The van der Waals surface area contributed by atoms with Crippen LogP contribution in [0.25, 0.3) is 0 Å². The smallest absolute Gasteiger partial charge is 0.328 e. The third-order valence-electron chi connectivity index (χ3n) is 5.61. The summed E-state index contributed by atoms with van der Waals surface area (Å²) in [5.41, 5.74) is 0. The highest BCUT2D eigenvalue weighted by molar-refractivity contribution is 6.05. The van der Waals surface area contributed by atoms with Crippen LogP contribution in [0.15, 0.2) is 0 Å². The molecule has 47 heavy (non-hydrogen) atoms. The van der Waals surface area contributed by atoms with E-state index in [1.807, 2.05) is 10.6 Å². The summed E-state index contributed by atoms with van der Waals surface area (Å²) in [6.07, 6.45) is -2.86. The quantitative estimate of drug-likeness (QED) is 0.0501. The number of nitrogens with one attached hydrogen (secondary N) is 6. The lowest BCUT2D eigenvalue weighted by Crippen LogP contribution is -2.56. The molecule has 0 saturated carbocycles. The Morgan fingerprint density at radius 2 is 0.894 bits per heavy atom. The molecule has 262 valence electrons. The van der Waals surface area contributed by atoms with E-state index in [1.165, 1.54) is 0 Å². The number of amides is 10. The summed E-state index contributed by atoms with van der Waals surface area (Å²) in [5, 5.41) is 64.7. The maximum absolute atomic E-state index is 11.7. The lowest BCUT2D eigenvalue weighted by Gasteiger charge is -2.23. The summed E-state index contributed by atoms with van der Waals surface area (Å²) in [6, 6.07) is -3.67. The highest BCUT2D eigenvalue weighted by Crippen LogP contribution is 2.05. The molecular formula is C21H32N10O16. The van der Waals surface area contributed by atoms with Crippen molar-refractivity contribution in [3.05, 3.63) is 0 Å². The zero-order valence-corrected chi connectivity index (χ0v) is 24.1. The van der Waals surface area contributed by atoms with E-state index < -0.39 is 118 Å². The number of aliphatic hydroxyl groups excluding tert-OH is 2. The Balaban J connectivity index is 0.000000494. The zero-order chi connectivity index (χ0) is 35.8. The van der Waals surface area contributed by atoms with Gasteiger partial charge in [0.2, 0.25) is 0 Å². The molecule has 0 aromatic heterocycles. The Bertz CT molecular complexity index is 1120. The van der Waals surface area contributed by atoms with Crippen molar-refractivity contribution in [2.75, 3.05) is 59.4 Å². The molecule has 0 spiro atoms. The van der Waals surface area contributed by atoms with Crippen LogP contribution >= 0.6 is 0 Å². The van der Waals surface area contributed by atoms with Gasteiger partial charge in [0, 0.05) is 13.1 Å². The molecule has 10 amide bonds. The van der Waals surface area contributed by atoms with E-state index in [1.54, 1.807) is 0 Å². The van der Waals surface area contributed by atoms with Crippen LogP contribution in [0.1, 0.15) is 0 Å². The fourth-order valence-electron chi connectivity index (χ4n) is 3.62. The fourth-order valence-corrected chi connectivity index (χ4v) is 3.62. The molecule has 12 N–H and O–H groups in total. The van der Waals surface area contributed by atoms with Gasteiger partial charge in [0.15, 0.2) is 12.3 Å². The van der Waals surface area contributed by atoms with Gasteiger partial charge < -0.3 is 51.9 Å². The maximum Gasteiger partial charge on any atom is 0.328 e. The largest absolute Gasteiger partial charge is 0.480 e. The number of carbonyl (C=O) groups excluding carboxylic acids is 6. The molecule has 0 radical (unpaired) electrons. The van der Waals surface area contributed by atoms with Gasteiger partial charge in [0.25, 0.3) is 11.8 Å². The van der Waals surface area contributed by atoms with Gasteiger partial charge in [-0.3, -0.25) is 59.0 Å². The summed E-state index contributed by atoms with van der Waals surface area (Å²) in [6.45, 7) is -4.33. The van der Waals surface area contributed by atoms with E-state index in [9.17, 15) is 47.9 Å². The lowest BCUT2D eigenvalue weighted by molar-refractivity contribution is -0.145. The Kier molecular flexibility index (Phi) is 15.7. The van der Waals surface area contributed by atoms with Crippen LogP contribution in [0, 0.1) is 0 Å². The van der Waals surface area contributed by atoms with Crippen molar-refractivity contribution in [2.45, 2.75) is 12.3 Å². The topological polar surface area (TPSA) is 377 Å². The number of hydrogen-bond acceptors (Lipinski definition) is 14. The van der Waals surface area contributed by atoms with Crippen LogP contribution in [0.3, 0.4) is 0 Å². The first-order valence-electron chi connectivity index (χ1n) is 12.8. The number of hydrogen-bond donors (Lipinski definition) is 12. The van der Waals surface area contributed by atoms with Crippen molar-refractivity contribution in [2.24, 2.45) is 0 Å². The Labute approximate surface area is 262 Å². The number of carboxylic acids is 4. The molecule has 0 bridgehead atoms. The summed E-state index contributed by atoms with van der Waals surface area (Å²) < 4.78 is 0. The van der Waals surface area contributed by atoms with Crippen molar-refractivity contribution < 1.29 is 78.6 Å². The second kappa shape index (κ2) is 18.8. The number of carbonyl (C=O) groups is 10. The first-order chi connectivity index (χ1) is 22.0. The minimum absolute atomic E-state index is 0.0703. The van der Waals surface area contributed by atoms with Gasteiger partial charge in [0.05, 0.1) is 32.8 Å². The molecular weight excluding hydrogens is 648 g/mol. The first kappa shape index (κ1) is 39.2. The van der Waals surface area contributed by atoms with Crippen molar-refractivity contribution in [3.63, 3.8) is 0 Å². The van der Waals surface area contributed by atoms with Gasteiger partial charge in [-0.2, -0.15) is 0 Å². The second-order valence-corrected chi connectivity index (χ2v) is 9.09. The molecule has 0 aromatic rings. The molecule has 2 fully saturated rings. The third-order valence-corrected chi connectivity index (χ3v) is 5.61. The Morgan fingerprint density at radius 1 is 0.596 bits per heavy atom. The van der Waals surface area contributed by atoms with E-state index in [4.69, 9.17) is 30.6 Å². The molecule has 2 aliphatic heterocycles. The van der Waals surface area contributed by atoms with E-state index in [-0.39, 0.29) is 13.1 Å². The lowest BCUT2D eigenvalue weighted by atomic mass is 10.4. The SMILES string of the molecule is O=C(NCNC(=O)NC1C(=O)NC(=O)N1CO)NC1C(=O)NC(=O)N1CO.O=C(O)CN(CCN(CC(=O)O)CC(=O)O)CC(=O)O. The maximum atomic E-state index is 11.7. The minimum atomic E-state index is -1.43. The van der Waals surface area contributed by atoms with Crippen molar-refractivity contribution in [1.82, 2.24) is 51.5 Å². The zero-order valence-electron chi connectivity index (χ0n) is 24.1. The van der Waals surface area contributed by atoms with Crippen LogP contribution in [-0.2, 0) is 28.8 Å². The minimum Gasteiger partial charge on any atom is -0.480 e. The number of nitrogens with zero attached hydrogens (tertiary/aromatic N) is 4. The molecule has 2 rings (SSSR count). The molecule has 2 saturated heterocycles. The average molecular weight is 681 g/mol. The Morgan fingerprint density at radius 3 is 1.15 bits per heavy atom. The first-order valence-corrected chi connectivity index (χ1v) is 12.8. The number of aliphatic carboxylic acids is 4. The van der Waals surface area contributed by atoms with Crippen molar-refractivity contribution in [1.29, 1.82) is 0 Å². The number of aliphatic hydroxyl groups is 2. The second-order valence-electron chi connectivity index (χ2n) is 9.09. The van der Waals surface area contributed by atoms with E-state index in [2.05, 4.69) is 21.3 Å². The van der Waals surface area contributed by atoms with Gasteiger partial charge in [-0.05, 0) is 0 Å². The normalized spacial score (nSPS) is 17.0. The molecule has 0 aliphatic carbocycles. The predicted molar refractivity (Wildman–Crippen MR) is 144 cm³/mol. The van der Waals surface area contributed by atoms with Gasteiger partial charge in [-0.25, -0.2) is 19.2 Å². The van der Waals surface area contributed by atoms with Crippen molar-refractivity contribution in [3.8, 4) is 0 Å². The van der Waals surface area contributed by atoms with Gasteiger partial charge in [-0.1, -0.05) is 0 Å². The standard InChI is InChI=1S/C11H16N8O8.C10H16N2O8/c20-2-18-4(6(22)16-10(18)26)14-8(24)12-1-13-9(25)15-5-7(23)17-11(27)19(5)3-21;13-7(14)3-11(4-8(15)16)1-2-12(5-9(17)18)6-10(19)20/h4-5,20-21H,1-3H2,(H2,12,14,24)(H2,13,15,25)(H,16,22,26)(H,17,23,27);1-6H2,(H,13,14)(H,15,16)(H,17,18)(H,19,20). The predicted octanol–water partition coefficient (Wildman–Crippen LogP) is -6.87. The van der Waals surface area contributed by atoms with Crippen LogP contribution in [0.2, 0.25) is 0 Å². The molecule has 26 heteroatoms. The fraction of sp³-hybridized carbons (Fsp3) is 0.524. The van der Waals surface area contributed by atoms with Crippen LogP contribution < -0.4 is 31.9 Å². The Hall–Kier alpha value is -5.86. The molecule has 2 aliphatic rings. The summed E-state index contributed by atoms with van der Waals surface area (Å²) >= 11 is 0. The average Bonchev–Trinajstić information content (AvgIpc) is 3.37.